The molecule has 0 aromatic heterocycles. The van der Waals surface area contributed by atoms with E-state index in [9.17, 15) is 4.39 Å². The van der Waals surface area contributed by atoms with Crippen LogP contribution in [0.25, 0.3) is 10.8 Å². The third-order valence-electron chi connectivity index (χ3n) is 5.03. The number of anilines is 1. The van der Waals surface area contributed by atoms with Crippen LogP contribution in [0.5, 0.6) is 11.5 Å². The number of nitrogens with one attached hydrogen (secondary N) is 1. The molecule has 4 aromatic rings. The Labute approximate surface area is 190 Å². The highest BCUT2D eigenvalue weighted by Crippen LogP contribution is 2.35. The molecule has 4 aromatic carbocycles. The van der Waals surface area contributed by atoms with Gasteiger partial charge in [0.2, 0.25) is 0 Å². The summed E-state index contributed by atoms with van der Waals surface area (Å²) in [7, 11) is 1.55. The number of methoxy groups -OCH3 is 1. The minimum atomic E-state index is -0.423. The molecule has 0 aliphatic rings. The number of ether oxygens (including phenoxy) is 2. The molecule has 0 fully saturated rings. The summed E-state index contributed by atoms with van der Waals surface area (Å²) in [4.78, 5) is 0. The van der Waals surface area contributed by atoms with E-state index in [0.717, 1.165) is 22.0 Å². The zero-order valence-corrected chi connectivity index (χ0v) is 18.3. The number of hydrogen-bond donors (Lipinski definition) is 1. The van der Waals surface area contributed by atoms with Gasteiger partial charge >= 0.3 is 0 Å². The molecule has 31 heavy (non-hydrogen) atoms. The average molecular weight is 456 g/mol. The van der Waals surface area contributed by atoms with Crippen LogP contribution in [0.3, 0.4) is 0 Å². The topological polar surface area (TPSA) is 30.5 Å². The monoisotopic (exact) mass is 455 g/mol. The molecule has 0 radical (unpaired) electrons. The molecule has 0 amide bonds. The average Bonchev–Trinajstić information content (AvgIpc) is 2.78. The normalized spacial score (nSPS) is 10.8. The minimum absolute atomic E-state index is 0.0359. The van der Waals surface area contributed by atoms with E-state index in [4.69, 9.17) is 32.7 Å². The summed E-state index contributed by atoms with van der Waals surface area (Å²) in [6, 6.07) is 22.3. The summed E-state index contributed by atoms with van der Waals surface area (Å²) < 4.78 is 25.3. The van der Waals surface area contributed by atoms with Gasteiger partial charge in [0.15, 0.2) is 11.5 Å². The Bertz CT molecular complexity index is 1200. The van der Waals surface area contributed by atoms with Crippen molar-refractivity contribution in [2.75, 3.05) is 12.4 Å². The summed E-state index contributed by atoms with van der Waals surface area (Å²) in [6.45, 7) is 0.467. The van der Waals surface area contributed by atoms with Crippen LogP contribution in [-0.4, -0.2) is 7.11 Å². The molecular weight excluding hydrogens is 436 g/mol. The van der Waals surface area contributed by atoms with Gasteiger partial charge in [-0.1, -0.05) is 65.7 Å². The molecule has 1 N–H and O–H groups in total. The highest BCUT2D eigenvalue weighted by Gasteiger charge is 2.14. The van der Waals surface area contributed by atoms with Gasteiger partial charge in [0.25, 0.3) is 0 Å². The molecule has 0 atom stereocenters. The lowest BCUT2D eigenvalue weighted by Crippen LogP contribution is -2.04. The summed E-state index contributed by atoms with van der Waals surface area (Å²) in [5.41, 5.74) is 2.15. The van der Waals surface area contributed by atoms with Crippen LogP contribution in [-0.2, 0) is 13.2 Å². The van der Waals surface area contributed by atoms with Gasteiger partial charge in [-0.25, -0.2) is 4.39 Å². The Hall–Kier alpha value is -2.95. The van der Waals surface area contributed by atoms with Gasteiger partial charge in [0, 0.05) is 34.3 Å². The lowest BCUT2D eigenvalue weighted by atomic mass is 10.1. The Balaban J connectivity index is 1.53. The highest BCUT2D eigenvalue weighted by molar-refractivity contribution is 6.31. The first kappa shape index (κ1) is 21.3. The van der Waals surface area contributed by atoms with Crippen molar-refractivity contribution in [3.63, 3.8) is 0 Å². The SMILES string of the molecule is COc1cc(CNc2cccc3ccccc23)c(Cl)cc1OCc1c(F)cccc1Cl. The van der Waals surface area contributed by atoms with Gasteiger partial charge in [0.1, 0.15) is 12.4 Å². The number of halogens is 3. The van der Waals surface area contributed by atoms with Crippen LogP contribution in [0, 0.1) is 5.82 Å². The predicted molar refractivity (Wildman–Crippen MR) is 125 cm³/mol. The quantitative estimate of drug-likeness (QED) is 0.313. The van der Waals surface area contributed by atoms with Crippen LogP contribution < -0.4 is 14.8 Å². The largest absolute Gasteiger partial charge is 0.493 e. The van der Waals surface area contributed by atoms with Gasteiger partial charge in [-0.2, -0.15) is 0 Å². The molecule has 0 aliphatic heterocycles. The Morgan fingerprint density at radius 1 is 0.871 bits per heavy atom. The molecule has 4 rings (SSSR count). The predicted octanol–water partition coefficient (Wildman–Crippen LogP) is 7.49. The molecule has 6 heteroatoms. The van der Waals surface area contributed by atoms with E-state index in [-0.39, 0.29) is 12.2 Å². The fourth-order valence-corrected chi connectivity index (χ4v) is 3.81. The van der Waals surface area contributed by atoms with Gasteiger partial charge in [-0.05, 0) is 35.2 Å². The number of hydrogen-bond acceptors (Lipinski definition) is 3. The Morgan fingerprint density at radius 2 is 1.65 bits per heavy atom. The lowest BCUT2D eigenvalue weighted by molar-refractivity contribution is 0.279. The van der Waals surface area contributed by atoms with Crippen molar-refractivity contribution in [3.8, 4) is 11.5 Å². The number of benzene rings is 4. The zero-order chi connectivity index (χ0) is 21.8. The molecule has 0 aliphatic carbocycles. The molecule has 0 saturated carbocycles. The molecule has 0 unspecified atom stereocenters. The van der Waals surface area contributed by atoms with Crippen LogP contribution in [0.1, 0.15) is 11.1 Å². The van der Waals surface area contributed by atoms with Crippen molar-refractivity contribution in [1.29, 1.82) is 0 Å². The van der Waals surface area contributed by atoms with Gasteiger partial charge in [-0.15, -0.1) is 0 Å². The first-order valence-electron chi connectivity index (χ1n) is 9.70. The fraction of sp³-hybridized carbons (Fsp3) is 0.120. The maximum absolute atomic E-state index is 14.0. The van der Waals surface area contributed by atoms with E-state index in [1.165, 1.54) is 6.07 Å². The molecule has 0 heterocycles. The van der Waals surface area contributed by atoms with Crippen LogP contribution in [0.4, 0.5) is 10.1 Å². The summed E-state index contributed by atoms with van der Waals surface area (Å²) in [5.74, 6) is 0.501. The smallest absolute Gasteiger partial charge is 0.163 e. The van der Waals surface area contributed by atoms with Crippen molar-refractivity contribution in [1.82, 2.24) is 0 Å². The fourth-order valence-electron chi connectivity index (χ4n) is 3.38. The first-order chi connectivity index (χ1) is 15.1. The van der Waals surface area contributed by atoms with E-state index in [2.05, 4.69) is 23.5 Å². The number of fused-ring (bicyclic) bond motifs is 1. The summed E-state index contributed by atoms with van der Waals surface area (Å²) in [5, 5.41) is 6.56. The molecule has 0 spiro atoms. The second-order valence-electron chi connectivity index (χ2n) is 6.96. The van der Waals surface area contributed by atoms with E-state index < -0.39 is 5.82 Å². The van der Waals surface area contributed by atoms with E-state index in [0.29, 0.717) is 28.1 Å². The lowest BCUT2D eigenvalue weighted by Gasteiger charge is -2.16. The van der Waals surface area contributed by atoms with Crippen LogP contribution in [0.2, 0.25) is 10.0 Å². The van der Waals surface area contributed by atoms with Gasteiger partial charge in [0.05, 0.1) is 12.1 Å². The van der Waals surface area contributed by atoms with E-state index >= 15 is 0 Å². The molecule has 0 bridgehead atoms. The minimum Gasteiger partial charge on any atom is -0.493 e. The first-order valence-corrected chi connectivity index (χ1v) is 10.5. The molecular formula is C25H20Cl2FNO2. The summed E-state index contributed by atoms with van der Waals surface area (Å²) in [6.07, 6.45) is 0. The van der Waals surface area contributed by atoms with E-state index in [1.807, 2.05) is 30.3 Å². The van der Waals surface area contributed by atoms with Crippen molar-refractivity contribution >= 4 is 39.7 Å². The molecule has 158 valence electrons. The second-order valence-corrected chi connectivity index (χ2v) is 7.78. The zero-order valence-electron chi connectivity index (χ0n) is 16.8. The van der Waals surface area contributed by atoms with Gasteiger partial charge < -0.3 is 14.8 Å². The van der Waals surface area contributed by atoms with Crippen molar-refractivity contribution in [3.05, 3.63) is 99.8 Å². The van der Waals surface area contributed by atoms with Crippen LogP contribution in [0.15, 0.2) is 72.8 Å². The standard InChI is InChI=1S/C25H20Cl2FNO2/c1-30-24-12-17(14-29-23-11-4-7-16-6-2-3-8-18(16)23)21(27)13-25(24)31-15-19-20(26)9-5-10-22(19)28/h2-13,29H,14-15H2,1H3. The van der Waals surface area contributed by atoms with Crippen LogP contribution >= 0.6 is 23.2 Å². The molecule has 0 saturated heterocycles. The third-order valence-corrected chi connectivity index (χ3v) is 5.73. The Morgan fingerprint density at radius 3 is 2.45 bits per heavy atom. The Kier molecular flexibility index (Phi) is 6.50. The summed E-state index contributed by atoms with van der Waals surface area (Å²) >= 11 is 12.6. The van der Waals surface area contributed by atoms with Crippen molar-refractivity contribution in [2.45, 2.75) is 13.2 Å². The maximum atomic E-state index is 14.0. The highest BCUT2D eigenvalue weighted by atomic mass is 35.5. The second kappa shape index (κ2) is 9.46. The van der Waals surface area contributed by atoms with Gasteiger partial charge in [-0.3, -0.25) is 0 Å². The van der Waals surface area contributed by atoms with Crippen molar-refractivity contribution in [2.24, 2.45) is 0 Å². The third kappa shape index (κ3) is 4.71. The van der Waals surface area contributed by atoms with Crippen molar-refractivity contribution < 1.29 is 13.9 Å². The maximum Gasteiger partial charge on any atom is 0.163 e. The molecule has 3 nitrogen and oxygen atoms in total. The van der Waals surface area contributed by atoms with E-state index in [1.54, 1.807) is 25.3 Å². The number of rotatable bonds is 7.